The Labute approximate surface area is 158 Å². The molecule has 1 saturated carbocycles. The van der Waals surface area contributed by atoms with Crippen LogP contribution in [0.5, 0.6) is 0 Å². The van der Waals surface area contributed by atoms with Crippen LogP contribution in [0.3, 0.4) is 0 Å². The van der Waals surface area contributed by atoms with Crippen LogP contribution in [0.4, 0.5) is 0 Å². The van der Waals surface area contributed by atoms with Crippen LogP contribution in [0.1, 0.15) is 36.6 Å². The van der Waals surface area contributed by atoms with Gasteiger partial charge in [-0.3, -0.25) is 9.48 Å². The molecule has 1 fully saturated rings. The smallest absolute Gasteiger partial charge is 0.306 e. The number of fused-ring (bicyclic) bond motifs is 1. The average Bonchev–Trinajstić information content (AvgIpc) is 3.32. The summed E-state index contributed by atoms with van der Waals surface area (Å²) in [6, 6.07) is 0. The summed E-state index contributed by atoms with van der Waals surface area (Å²) in [6.45, 7) is 3.91. The SMILES string of the molecule is C=Cc1c(Br)c(C2CCC(C(=O)O)C2)nc2c(-c3cnn(C)c3)cnn12. The molecule has 1 aliphatic rings. The van der Waals surface area contributed by atoms with Crippen molar-refractivity contribution in [2.45, 2.75) is 25.2 Å². The van der Waals surface area contributed by atoms with Crippen LogP contribution in [0.15, 0.2) is 29.6 Å². The number of aliphatic carboxylic acids is 1. The monoisotopic (exact) mass is 415 g/mol. The van der Waals surface area contributed by atoms with Gasteiger partial charge in [-0.1, -0.05) is 6.58 Å². The summed E-state index contributed by atoms with van der Waals surface area (Å²) in [5, 5.41) is 18.0. The third-order valence-electron chi connectivity index (χ3n) is 5.03. The molecule has 8 heteroatoms. The first-order valence-corrected chi connectivity index (χ1v) is 9.20. The van der Waals surface area contributed by atoms with E-state index in [1.807, 2.05) is 13.2 Å². The first kappa shape index (κ1) is 17.0. The maximum absolute atomic E-state index is 11.3. The molecule has 1 aliphatic carbocycles. The summed E-state index contributed by atoms with van der Waals surface area (Å²) in [6.07, 6.45) is 9.31. The van der Waals surface area contributed by atoms with Gasteiger partial charge in [0.1, 0.15) is 0 Å². The lowest BCUT2D eigenvalue weighted by atomic mass is 10.0. The van der Waals surface area contributed by atoms with Gasteiger partial charge < -0.3 is 5.11 Å². The normalized spacial score (nSPS) is 19.9. The average molecular weight is 416 g/mol. The van der Waals surface area contributed by atoms with Gasteiger partial charge in [0.2, 0.25) is 0 Å². The fraction of sp³-hybridized carbons (Fsp3) is 0.333. The molecule has 0 amide bonds. The van der Waals surface area contributed by atoms with Gasteiger partial charge in [-0.15, -0.1) is 0 Å². The zero-order valence-electron chi connectivity index (χ0n) is 14.3. The number of nitrogens with zero attached hydrogens (tertiary/aromatic N) is 5. The highest BCUT2D eigenvalue weighted by Gasteiger charge is 2.33. The number of hydrogen-bond acceptors (Lipinski definition) is 4. The van der Waals surface area contributed by atoms with Crippen LogP contribution in [0.2, 0.25) is 0 Å². The number of aromatic nitrogens is 5. The van der Waals surface area contributed by atoms with E-state index in [-0.39, 0.29) is 11.8 Å². The van der Waals surface area contributed by atoms with E-state index in [4.69, 9.17) is 4.98 Å². The number of halogens is 1. The van der Waals surface area contributed by atoms with E-state index in [1.54, 1.807) is 27.7 Å². The Balaban J connectivity index is 1.87. The van der Waals surface area contributed by atoms with Gasteiger partial charge in [-0.2, -0.15) is 10.2 Å². The van der Waals surface area contributed by atoms with Crippen LogP contribution in [-0.4, -0.2) is 35.5 Å². The minimum Gasteiger partial charge on any atom is -0.481 e. The third-order valence-corrected chi connectivity index (χ3v) is 5.84. The molecule has 7 nitrogen and oxygen atoms in total. The Morgan fingerprint density at radius 2 is 2.19 bits per heavy atom. The molecule has 3 aromatic heterocycles. The number of aryl methyl sites for hydroxylation is 1. The van der Waals surface area contributed by atoms with Crippen molar-refractivity contribution in [3.63, 3.8) is 0 Å². The second-order valence-corrected chi connectivity index (χ2v) is 7.43. The largest absolute Gasteiger partial charge is 0.481 e. The lowest BCUT2D eigenvalue weighted by Gasteiger charge is -2.15. The van der Waals surface area contributed by atoms with Gasteiger partial charge in [-0.05, 0) is 41.3 Å². The number of carbonyl (C=O) groups is 1. The maximum atomic E-state index is 11.3. The van der Waals surface area contributed by atoms with Crippen molar-refractivity contribution < 1.29 is 9.90 Å². The van der Waals surface area contributed by atoms with Crippen molar-refractivity contribution in [3.8, 4) is 11.1 Å². The van der Waals surface area contributed by atoms with E-state index in [0.29, 0.717) is 12.8 Å². The van der Waals surface area contributed by atoms with Gasteiger partial charge in [0.05, 0.1) is 34.2 Å². The van der Waals surface area contributed by atoms with Crippen molar-refractivity contribution in [2.75, 3.05) is 0 Å². The van der Waals surface area contributed by atoms with E-state index >= 15 is 0 Å². The second-order valence-electron chi connectivity index (χ2n) is 6.64. The molecule has 0 radical (unpaired) electrons. The number of hydrogen-bond donors (Lipinski definition) is 1. The molecule has 134 valence electrons. The predicted molar refractivity (Wildman–Crippen MR) is 101 cm³/mol. The highest BCUT2D eigenvalue weighted by molar-refractivity contribution is 9.10. The van der Waals surface area contributed by atoms with Crippen LogP contribution in [-0.2, 0) is 11.8 Å². The topological polar surface area (TPSA) is 85.3 Å². The first-order chi connectivity index (χ1) is 12.5. The molecule has 0 aliphatic heterocycles. The number of rotatable bonds is 4. The lowest BCUT2D eigenvalue weighted by Crippen LogP contribution is -2.10. The minimum absolute atomic E-state index is 0.103. The van der Waals surface area contributed by atoms with Crippen LogP contribution >= 0.6 is 15.9 Å². The minimum atomic E-state index is -0.728. The number of carboxylic acids is 1. The highest BCUT2D eigenvalue weighted by Crippen LogP contribution is 2.42. The summed E-state index contributed by atoms with van der Waals surface area (Å²) < 4.78 is 4.32. The molecule has 4 rings (SSSR count). The lowest BCUT2D eigenvalue weighted by molar-refractivity contribution is -0.141. The van der Waals surface area contributed by atoms with Crippen LogP contribution in [0, 0.1) is 5.92 Å². The molecule has 0 saturated heterocycles. The first-order valence-electron chi connectivity index (χ1n) is 8.41. The van der Waals surface area contributed by atoms with Gasteiger partial charge in [-0.25, -0.2) is 9.50 Å². The Hall–Kier alpha value is -2.48. The standard InChI is InChI=1S/C18H18BrN5O2/c1-3-14-15(19)16(10-4-5-11(6-10)18(25)26)22-17-13(8-21-24(14)17)12-7-20-23(2)9-12/h3,7-11H,1,4-6H2,2H3,(H,25,26). The molecular formula is C18H18BrN5O2. The molecular weight excluding hydrogens is 398 g/mol. The Bertz CT molecular complexity index is 1020. The Kier molecular flexibility index (Phi) is 4.14. The van der Waals surface area contributed by atoms with E-state index in [0.717, 1.165) is 39.1 Å². The van der Waals surface area contributed by atoms with E-state index in [2.05, 4.69) is 32.7 Å². The van der Waals surface area contributed by atoms with Crippen LogP contribution in [0.25, 0.3) is 22.9 Å². The van der Waals surface area contributed by atoms with Gasteiger partial charge in [0.15, 0.2) is 5.65 Å². The Morgan fingerprint density at radius 1 is 1.38 bits per heavy atom. The van der Waals surface area contributed by atoms with Crippen LogP contribution < -0.4 is 0 Å². The Morgan fingerprint density at radius 3 is 2.81 bits per heavy atom. The second kappa shape index (κ2) is 6.35. The van der Waals surface area contributed by atoms with Gasteiger partial charge >= 0.3 is 5.97 Å². The maximum Gasteiger partial charge on any atom is 0.306 e. The molecule has 0 spiro atoms. The summed E-state index contributed by atoms with van der Waals surface area (Å²) >= 11 is 3.64. The third kappa shape index (κ3) is 2.65. The fourth-order valence-corrected chi connectivity index (χ4v) is 4.42. The molecule has 2 atom stereocenters. The van der Waals surface area contributed by atoms with Crippen molar-refractivity contribution in [1.82, 2.24) is 24.4 Å². The number of carboxylic acid groups (broad SMARTS) is 1. The molecule has 3 heterocycles. The summed E-state index contributed by atoms with van der Waals surface area (Å²) in [5.41, 5.74) is 4.25. The van der Waals surface area contributed by atoms with E-state index < -0.39 is 5.97 Å². The summed E-state index contributed by atoms with van der Waals surface area (Å²) in [7, 11) is 1.87. The molecule has 1 N–H and O–H groups in total. The van der Waals surface area contributed by atoms with Crippen molar-refractivity contribution in [2.24, 2.45) is 13.0 Å². The van der Waals surface area contributed by atoms with Crippen molar-refractivity contribution in [1.29, 1.82) is 0 Å². The quantitative estimate of drug-likeness (QED) is 0.704. The zero-order chi connectivity index (χ0) is 18.4. The molecule has 3 aromatic rings. The molecule has 0 bridgehead atoms. The summed E-state index contributed by atoms with van der Waals surface area (Å²) in [5.74, 6) is -0.931. The van der Waals surface area contributed by atoms with Gasteiger partial charge in [0, 0.05) is 30.3 Å². The molecule has 0 aromatic carbocycles. The predicted octanol–water partition coefficient (Wildman–Crippen LogP) is 3.50. The van der Waals surface area contributed by atoms with E-state index in [1.165, 1.54) is 0 Å². The molecule has 26 heavy (non-hydrogen) atoms. The fourth-order valence-electron chi connectivity index (χ4n) is 3.68. The molecule has 2 unspecified atom stereocenters. The van der Waals surface area contributed by atoms with Gasteiger partial charge in [0.25, 0.3) is 0 Å². The van der Waals surface area contributed by atoms with Crippen molar-refractivity contribution >= 4 is 33.6 Å². The zero-order valence-corrected chi connectivity index (χ0v) is 15.8. The van der Waals surface area contributed by atoms with Crippen molar-refractivity contribution in [3.05, 3.63) is 41.0 Å². The summed E-state index contributed by atoms with van der Waals surface area (Å²) in [4.78, 5) is 16.2. The van der Waals surface area contributed by atoms with E-state index in [9.17, 15) is 9.90 Å². The highest BCUT2D eigenvalue weighted by atomic mass is 79.9.